The topological polar surface area (TPSA) is 63.2 Å². The fourth-order valence-corrected chi connectivity index (χ4v) is 0.899. The minimum atomic E-state index is -0.398. The van der Waals surface area contributed by atoms with E-state index in [1.165, 1.54) is 0 Å². The summed E-state index contributed by atoms with van der Waals surface area (Å²) in [5.41, 5.74) is 0.384. The number of rotatable bonds is 12. The Balaban J connectivity index is 3.07. The molecular formula is C12H22O6. The third-order valence-corrected chi connectivity index (χ3v) is 1.75. The molecule has 0 N–H and O–H groups in total. The molecular weight excluding hydrogens is 240 g/mol. The van der Waals surface area contributed by atoms with Crippen molar-refractivity contribution in [2.45, 2.75) is 6.92 Å². The lowest BCUT2D eigenvalue weighted by atomic mass is 10.4. The normalized spacial score (nSPS) is 10.3. The maximum absolute atomic E-state index is 11.0. The molecule has 106 valence electrons. The first kappa shape index (κ1) is 17.1. The van der Waals surface area contributed by atoms with Crippen LogP contribution < -0.4 is 0 Å². The minimum Gasteiger partial charge on any atom is -0.460 e. The van der Waals surface area contributed by atoms with Crippen molar-refractivity contribution in [2.75, 3.05) is 53.5 Å². The first-order valence-corrected chi connectivity index (χ1v) is 5.73. The summed E-state index contributed by atoms with van der Waals surface area (Å²) in [5, 5.41) is 0. The number of hydrogen-bond donors (Lipinski definition) is 0. The van der Waals surface area contributed by atoms with Crippen LogP contribution in [-0.2, 0) is 28.5 Å². The van der Waals surface area contributed by atoms with Crippen LogP contribution >= 0.6 is 0 Å². The molecule has 0 radical (unpaired) electrons. The molecule has 6 nitrogen and oxygen atoms in total. The van der Waals surface area contributed by atoms with Crippen molar-refractivity contribution in [3.63, 3.8) is 0 Å². The lowest BCUT2D eigenvalue weighted by Crippen LogP contribution is -2.14. The van der Waals surface area contributed by atoms with E-state index in [1.54, 1.807) is 14.0 Å². The summed E-state index contributed by atoms with van der Waals surface area (Å²) in [6.45, 7) is 7.83. The minimum absolute atomic E-state index is 0.225. The zero-order valence-corrected chi connectivity index (χ0v) is 11.1. The summed E-state index contributed by atoms with van der Waals surface area (Å²) in [6.07, 6.45) is 0. The van der Waals surface area contributed by atoms with Crippen molar-refractivity contribution in [1.82, 2.24) is 0 Å². The third kappa shape index (κ3) is 11.5. The molecule has 0 unspecified atom stereocenters. The van der Waals surface area contributed by atoms with Crippen LogP contribution in [0.25, 0.3) is 0 Å². The van der Waals surface area contributed by atoms with Crippen LogP contribution in [0, 0.1) is 0 Å². The molecule has 0 aliphatic carbocycles. The Bertz CT molecular complexity index is 229. The SMILES string of the molecule is C=C(C)C(=O)OCCOCCOCCOCOC. The molecule has 0 bridgehead atoms. The van der Waals surface area contributed by atoms with Gasteiger partial charge in [-0.25, -0.2) is 4.79 Å². The lowest BCUT2D eigenvalue weighted by molar-refractivity contribution is -0.140. The Morgan fingerprint density at radius 3 is 1.94 bits per heavy atom. The predicted octanol–water partition coefficient (Wildman–Crippen LogP) is 0.759. The molecule has 0 saturated carbocycles. The number of ether oxygens (including phenoxy) is 5. The highest BCUT2D eigenvalue weighted by atomic mass is 16.7. The van der Waals surface area contributed by atoms with Gasteiger partial charge in [0.25, 0.3) is 0 Å². The van der Waals surface area contributed by atoms with Crippen molar-refractivity contribution >= 4 is 5.97 Å². The third-order valence-electron chi connectivity index (χ3n) is 1.75. The van der Waals surface area contributed by atoms with Gasteiger partial charge in [0.1, 0.15) is 13.4 Å². The molecule has 0 spiro atoms. The standard InChI is InChI=1S/C12H22O6/c1-11(2)12(13)18-9-8-16-5-4-15-6-7-17-10-14-3/h1,4-10H2,2-3H3. The van der Waals surface area contributed by atoms with E-state index < -0.39 is 5.97 Å². The summed E-state index contributed by atoms with van der Waals surface area (Å²) >= 11 is 0. The highest BCUT2D eigenvalue weighted by molar-refractivity contribution is 5.86. The van der Waals surface area contributed by atoms with Gasteiger partial charge in [-0.3, -0.25) is 0 Å². The molecule has 0 amide bonds. The highest BCUT2D eigenvalue weighted by Gasteiger charge is 2.01. The van der Waals surface area contributed by atoms with Crippen molar-refractivity contribution < 1.29 is 28.5 Å². The van der Waals surface area contributed by atoms with Crippen LogP contribution in [0.1, 0.15) is 6.92 Å². The molecule has 6 heteroatoms. The second kappa shape index (κ2) is 12.5. The van der Waals surface area contributed by atoms with Crippen molar-refractivity contribution in [3.8, 4) is 0 Å². The van der Waals surface area contributed by atoms with E-state index >= 15 is 0 Å². The fraction of sp³-hybridized carbons (Fsp3) is 0.750. The van der Waals surface area contributed by atoms with Gasteiger partial charge in [0.15, 0.2) is 0 Å². The zero-order valence-electron chi connectivity index (χ0n) is 11.1. The number of methoxy groups -OCH3 is 1. The van der Waals surface area contributed by atoms with Gasteiger partial charge >= 0.3 is 5.97 Å². The maximum Gasteiger partial charge on any atom is 0.333 e. The summed E-state index contributed by atoms with van der Waals surface area (Å²) in [7, 11) is 1.56. The second-order valence-electron chi connectivity index (χ2n) is 3.46. The van der Waals surface area contributed by atoms with Crippen molar-refractivity contribution in [2.24, 2.45) is 0 Å². The van der Waals surface area contributed by atoms with E-state index in [4.69, 9.17) is 23.7 Å². The Morgan fingerprint density at radius 2 is 1.44 bits per heavy atom. The molecule has 0 heterocycles. The first-order valence-electron chi connectivity index (χ1n) is 5.73. The summed E-state index contributed by atoms with van der Waals surface area (Å²) in [5.74, 6) is -0.398. The van der Waals surface area contributed by atoms with E-state index in [1.807, 2.05) is 0 Å². The molecule has 18 heavy (non-hydrogen) atoms. The second-order valence-corrected chi connectivity index (χ2v) is 3.46. The number of hydrogen-bond acceptors (Lipinski definition) is 6. The Kier molecular flexibility index (Phi) is 11.8. The molecule has 0 atom stereocenters. The maximum atomic E-state index is 11.0. The Labute approximate surface area is 108 Å². The van der Waals surface area contributed by atoms with Crippen LogP contribution in [0.15, 0.2) is 12.2 Å². The molecule has 0 fully saturated rings. The summed E-state index contributed by atoms with van der Waals surface area (Å²) in [4.78, 5) is 11.0. The van der Waals surface area contributed by atoms with Crippen LogP contribution in [0.4, 0.5) is 0 Å². The highest BCUT2D eigenvalue weighted by Crippen LogP contribution is 1.91. The molecule has 0 aromatic rings. The predicted molar refractivity (Wildman–Crippen MR) is 65.2 cm³/mol. The van der Waals surface area contributed by atoms with Gasteiger partial charge in [-0.1, -0.05) is 6.58 Å². The quantitative estimate of drug-likeness (QED) is 0.224. The Morgan fingerprint density at radius 1 is 0.944 bits per heavy atom. The molecule has 0 aromatic heterocycles. The van der Waals surface area contributed by atoms with E-state index in [0.29, 0.717) is 38.6 Å². The molecule has 0 aliphatic rings. The van der Waals surface area contributed by atoms with Gasteiger partial charge in [-0.05, 0) is 6.92 Å². The van der Waals surface area contributed by atoms with Gasteiger partial charge < -0.3 is 23.7 Å². The van der Waals surface area contributed by atoms with E-state index in [-0.39, 0.29) is 13.4 Å². The molecule has 0 saturated heterocycles. The monoisotopic (exact) mass is 262 g/mol. The van der Waals surface area contributed by atoms with Crippen molar-refractivity contribution in [1.29, 1.82) is 0 Å². The number of carbonyl (C=O) groups is 1. The average molecular weight is 262 g/mol. The van der Waals surface area contributed by atoms with Gasteiger partial charge in [-0.15, -0.1) is 0 Å². The van der Waals surface area contributed by atoms with Gasteiger partial charge in [0.05, 0.1) is 33.0 Å². The fourth-order valence-electron chi connectivity index (χ4n) is 0.899. The Hall–Kier alpha value is -0.950. The number of esters is 1. The lowest BCUT2D eigenvalue weighted by Gasteiger charge is -2.07. The van der Waals surface area contributed by atoms with E-state index in [9.17, 15) is 4.79 Å². The summed E-state index contributed by atoms with van der Waals surface area (Å²) < 4.78 is 25.0. The summed E-state index contributed by atoms with van der Waals surface area (Å²) in [6, 6.07) is 0. The van der Waals surface area contributed by atoms with Crippen molar-refractivity contribution in [3.05, 3.63) is 12.2 Å². The van der Waals surface area contributed by atoms with Gasteiger partial charge in [0.2, 0.25) is 0 Å². The van der Waals surface area contributed by atoms with Crippen LogP contribution in [0.2, 0.25) is 0 Å². The molecule has 0 aliphatic heterocycles. The van der Waals surface area contributed by atoms with Crippen LogP contribution in [0.3, 0.4) is 0 Å². The van der Waals surface area contributed by atoms with Gasteiger partial charge in [0, 0.05) is 12.7 Å². The van der Waals surface area contributed by atoms with Crippen LogP contribution in [-0.4, -0.2) is 59.5 Å². The van der Waals surface area contributed by atoms with Crippen LogP contribution in [0.5, 0.6) is 0 Å². The largest absolute Gasteiger partial charge is 0.460 e. The molecule has 0 aromatic carbocycles. The smallest absolute Gasteiger partial charge is 0.333 e. The average Bonchev–Trinajstić information content (AvgIpc) is 2.35. The molecule has 0 rings (SSSR count). The van der Waals surface area contributed by atoms with E-state index in [2.05, 4.69) is 6.58 Å². The van der Waals surface area contributed by atoms with E-state index in [0.717, 1.165) is 0 Å². The number of carbonyl (C=O) groups excluding carboxylic acids is 1. The first-order chi connectivity index (χ1) is 8.68. The zero-order chi connectivity index (χ0) is 13.6. The van der Waals surface area contributed by atoms with Gasteiger partial charge in [-0.2, -0.15) is 0 Å².